The average molecular weight is 426 g/mol. The Bertz CT molecular complexity index is 346. The van der Waals surface area contributed by atoms with E-state index >= 15 is 0 Å². The van der Waals surface area contributed by atoms with Crippen LogP contribution in [0.3, 0.4) is 0 Å². The first kappa shape index (κ1) is 29.6. The molecule has 0 aliphatic carbocycles. The van der Waals surface area contributed by atoms with Crippen LogP contribution in [0.5, 0.6) is 0 Å². The SMILES string of the molecule is CCCCCCCCCC(CCCCCCCCC=O)OCCCCN(C)C(C)C. The smallest absolute Gasteiger partial charge is 0.119 e. The van der Waals surface area contributed by atoms with Crippen molar-refractivity contribution in [3.63, 3.8) is 0 Å². The Hall–Kier alpha value is -0.410. The van der Waals surface area contributed by atoms with Crippen molar-refractivity contribution in [3.05, 3.63) is 0 Å². The van der Waals surface area contributed by atoms with Crippen molar-refractivity contribution in [2.75, 3.05) is 20.2 Å². The van der Waals surface area contributed by atoms with E-state index in [4.69, 9.17) is 4.74 Å². The van der Waals surface area contributed by atoms with Crippen LogP contribution in [0.2, 0.25) is 0 Å². The Balaban J connectivity index is 3.93. The molecule has 0 N–H and O–H groups in total. The molecule has 0 fully saturated rings. The van der Waals surface area contributed by atoms with E-state index in [0.717, 1.165) is 25.7 Å². The van der Waals surface area contributed by atoms with Crippen molar-refractivity contribution in [1.82, 2.24) is 4.90 Å². The van der Waals surface area contributed by atoms with Gasteiger partial charge < -0.3 is 14.4 Å². The minimum Gasteiger partial charge on any atom is -0.378 e. The summed E-state index contributed by atoms with van der Waals surface area (Å²) in [5.74, 6) is 0. The maximum Gasteiger partial charge on any atom is 0.119 e. The van der Waals surface area contributed by atoms with Crippen LogP contribution >= 0.6 is 0 Å². The van der Waals surface area contributed by atoms with E-state index in [1.807, 2.05) is 0 Å². The molecule has 180 valence electrons. The highest BCUT2D eigenvalue weighted by Gasteiger charge is 2.09. The Morgan fingerprint density at radius 1 is 0.733 bits per heavy atom. The van der Waals surface area contributed by atoms with Gasteiger partial charge in [0.2, 0.25) is 0 Å². The fourth-order valence-corrected chi connectivity index (χ4v) is 3.92. The van der Waals surface area contributed by atoms with Crippen molar-refractivity contribution >= 4 is 6.29 Å². The van der Waals surface area contributed by atoms with Crippen LogP contribution in [-0.2, 0) is 9.53 Å². The standard InChI is InChI=1S/C27H55NO2/c1-5-6-7-8-10-13-16-21-27(22-17-14-11-9-12-15-19-24-29)30-25-20-18-23-28(4)26(2)3/h24,26-27H,5-23,25H2,1-4H3. The van der Waals surface area contributed by atoms with Crippen molar-refractivity contribution in [2.24, 2.45) is 0 Å². The molecule has 1 unspecified atom stereocenters. The zero-order chi connectivity index (χ0) is 22.3. The van der Waals surface area contributed by atoms with E-state index < -0.39 is 0 Å². The number of unbranched alkanes of at least 4 members (excludes halogenated alkanes) is 13. The summed E-state index contributed by atoms with van der Waals surface area (Å²) in [6, 6.07) is 0.634. The molecule has 0 saturated heterocycles. The summed E-state index contributed by atoms with van der Waals surface area (Å²) in [6.07, 6.45) is 24.3. The lowest BCUT2D eigenvalue weighted by Crippen LogP contribution is -2.27. The van der Waals surface area contributed by atoms with E-state index in [-0.39, 0.29) is 0 Å². The van der Waals surface area contributed by atoms with Crippen molar-refractivity contribution in [3.8, 4) is 0 Å². The lowest BCUT2D eigenvalue weighted by atomic mass is 10.0. The summed E-state index contributed by atoms with van der Waals surface area (Å²) in [7, 11) is 2.22. The molecule has 0 rings (SSSR count). The molecular weight excluding hydrogens is 370 g/mol. The number of rotatable bonds is 24. The van der Waals surface area contributed by atoms with Gasteiger partial charge in [-0.2, -0.15) is 0 Å². The molecule has 0 aromatic rings. The molecule has 0 amide bonds. The molecule has 0 saturated carbocycles. The molecule has 0 radical (unpaired) electrons. The van der Waals surface area contributed by atoms with Gasteiger partial charge >= 0.3 is 0 Å². The molecule has 1 atom stereocenters. The minimum absolute atomic E-state index is 0.471. The second-order valence-corrected chi connectivity index (χ2v) is 9.55. The van der Waals surface area contributed by atoms with Gasteiger partial charge in [-0.1, -0.05) is 84.0 Å². The third-order valence-electron chi connectivity index (χ3n) is 6.37. The second-order valence-electron chi connectivity index (χ2n) is 9.55. The maximum atomic E-state index is 10.4. The highest BCUT2D eigenvalue weighted by atomic mass is 16.5. The Morgan fingerprint density at radius 3 is 1.80 bits per heavy atom. The summed E-state index contributed by atoms with van der Waals surface area (Å²) < 4.78 is 6.33. The van der Waals surface area contributed by atoms with Crippen LogP contribution < -0.4 is 0 Å². The monoisotopic (exact) mass is 425 g/mol. The van der Waals surface area contributed by atoms with Crippen LogP contribution in [0.15, 0.2) is 0 Å². The van der Waals surface area contributed by atoms with E-state index in [1.54, 1.807) is 0 Å². The number of carbonyl (C=O) groups excluding carboxylic acids is 1. The molecular formula is C27H55NO2. The van der Waals surface area contributed by atoms with Gasteiger partial charge in [0.25, 0.3) is 0 Å². The van der Waals surface area contributed by atoms with Crippen molar-refractivity contribution in [1.29, 1.82) is 0 Å². The molecule has 3 heteroatoms. The second kappa shape index (κ2) is 23.3. The normalized spacial score (nSPS) is 12.7. The third-order valence-corrected chi connectivity index (χ3v) is 6.37. The first-order chi connectivity index (χ1) is 14.6. The molecule has 0 aliphatic heterocycles. The van der Waals surface area contributed by atoms with Crippen molar-refractivity contribution < 1.29 is 9.53 Å². The minimum atomic E-state index is 0.471. The Labute approximate surface area is 189 Å². The van der Waals surface area contributed by atoms with E-state index in [2.05, 4.69) is 32.7 Å². The van der Waals surface area contributed by atoms with Gasteiger partial charge in [0, 0.05) is 19.1 Å². The Morgan fingerprint density at radius 2 is 1.27 bits per heavy atom. The van der Waals surface area contributed by atoms with Gasteiger partial charge in [0.05, 0.1) is 6.10 Å². The summed E-state index contributed by atoms with van der Waals surface area (Å²) in [5.41, 5.74) is 0. The van der Waals surface area contributed by atoms with Crippen LogP contribution in [0.1, 0.15) is 136 Å². The lowest BCUT2D eigenvalue weighted by Gasteiger charge is -2.21. The van der Waals surface area contributed by atoms with Gasteiger partial charge in [-0.3, -0.25) is 0 Å². The largest absolute Gasteiger partial charge is 0.378 e. The summed E-state index contributed by atoms with van der Waals surface area (Å²) in [4.78, 5) is 12.8. The quantitative estimate of drug-likeness (QED) is 0.116. The number of aldehydes is 1. The third kappa shape index (κ3) is 20.8. The summed E-state index contributed by atoms with van der Waals surface area (Å²) >= 11 is 0. The van der Waals surface area contributed by atoms with Gasteiger partial charge in [-0.25, -0.2) is 0 Å². The Kier molecular flexibility index (Phi) is 22.9. The topological polar surface area (TPSA) is 29.5 Å². The van der Waals surface area contributed by atoms with E-state index in [9.17, 15) is 4.79 Å². The first-order valence-electron chi connectivity index (χ1n) is 13.4. The van der Waals surface area contributed by atoms with Crippen LogP contribution in [-0.4, -0.2) is 43.5 Å². The molecule has 0 aliphatic rings. The highest BCUT2D eigenvalue weighted by molar-refractivity contribution is 5.48. The maximum absolute atomic E-state index is 10.4. The van der Waals surface area contributed by atoms with Crippen LogP contribution in [0, 0.1) is 0 Å². The number of nitrogens with zero attached hydrogens (tertiary/aromatic N) is 1. The molecule has 3 nitrogen and oxygen atoms in total. The fraction of sp³-hybridized carbons (Fsp3) is 0.963. The molecule has 0 aromatic carbocycles. The zero-order valence-corrected chi connectivity index (χ0v) is 21.1. The van der Waals surface area contributed by atoms with Gasteiger partial charge in [-0.15, -0.1) is 0 Å². The molecule has 0 aromatic heterocycles. The molecule has 0 heterocycles. The summed E-state index contributed by atoms with van der Waals surface area (Å²) in [6.45, 7) is 8.91. The van der Waals surface area contributed by atoms with E-state index in [0.29, 0.717) is 12.1 Å². The van der Waals surface area contributed by atoms with Crippen LogP contribution in [0.25, 0.3) is 0 Å². The van der Waals surface area contributed by atoms with Gasteiger partial charge in [0.15, 0.2) is 0 Å². The summed E-state index contributed by atoms with van der Waals surface area (Å²) in [5, 5.41) is 0. The first-order valence-corrected chi connectivity index (χ1v) is 13.4. The molecule has 30 heavy (non-hydrogen) atoms. The predicted octanol–water partition coefficient (Wildman–Crippen LogP) is 7.95. The van der Waals surface area contributed by atoms with Gasteiger partial charge in [0.1, 0.15) is 6.29 Å². The van der Waals surface area contributed by atoms with Crippen LogP contribution in [0.4, 0.5) is 0 Å². The fourth-order valence-electron chi connectivity index (χ4n) is 3.92. The number of ether oxygens (including phenoxy) is 1. The average Bonchev–Trinajstić information content (AvgIpc) is 2.73. The van der Waals surface area contributed by atoms with Crippen molar-refractivity contribution in [2.45, 2.75) is 148 Å². The van der Waals surface area contributed by atoms with Gasteiger partial charge in [-0.05, 0) is 59.5 Å². The number of carbonyl (C=O) groups is 1. The molecule has 0 bridgehead atoms. The number of hydrogen-bond acceptors (Lipinski definition) is 3. The zero-order valence-electron chi connectivity index (χ0n) is 21.1. The highest BCUT2D eigenvalue weighted by Crippen LogP contribution is 2.17. The number of hydrogen-bond donors (Lipinski definition) is 0. The van der Waals surface area contributed by atoms with E-state index in [1.165, 1.54) is 109 Å². The molecule has 0 spiro atoms. The lowest BCUT2D eigenvalue weighted by molar-refractivity contribution is -0.107. The predicted molar refractivity (Wildman–Crippen MR) is 132 cm³/mol.